The van der Waals surface area contributed by atoms with Gasteiger partial charge < -0.3 is 20.2 Å². The molecule has 0 bridgehead atoms. The molecule has 6 aromatic rings. The molecular formula is C34H30N4O3. The third-order valence-corrected chi connectivity index (χ3v) is 7.50. The summed E-state index contributed by atoms with van der Waals surface area (Å²) in [5, 5.41) is 8.06. The highest BCUT2D eigenvalue weighted by molar-refractivity contribution is 5.99. The average Bonchev–Trinajstić information content (AvgIpc) is 3.39. The van der Waals surface area contributed by atoms with E-state index in [4.69, 9.17) is 0 Å². The SMILES string of the molecule is Cc1ccc(NC(=O)C(Cc2c[nH]c3ccccc23)NC(=O)Cn2c3ccccc3c(=O)c3cc(C)ccc32)cc1. The van der Waals surface area contributed by atoms with Crippen molar-refractivity contribution >= 4 is 50.2 Å². The Kier molecular flexibility index (Phi) is 6.85. The Morgan fingerprint density at radius 1 is 0.805 bits per heavy atom. The molecule has 0 saturated heterocycles. The first-order chi connectivity index (χ1) is 19.9. The molecular weight excluding hydrogens is 512 g/mol. The zero-order valence-electron chi connectivity index (χ0n) is 22.9. The molecule has 204 valence electrons. The molecule has 4 aromatic carbocycles. The summed E-state index contributed by atoms with van der Waals surface area (Å²) in [5.41, 5.74) is 5.88. The van der Waals surface area contributed by atoms with Gasteiger partial charge in [0.2, 0.25) is 11.8 Å². The van der Waals surface area contributed by atoms with E-state index in [1.165, 1.54) is 0 Å². The van der Waals surface area contributed by atoms with Crippen molar-refractivity contribution < 1.29 is 9.59 Å². The number of benzene rings is 4. The first-order valence-corrected chi connectivity index (χ1v) is 13.6. The van der Waals surface area contributed by atoms with Crippen molar-refractivity contribution in [3.63, 3.8) is 0 Å². The molecule has 0 aliphatic carbocycles. The molecule has 0 fully saturated rings. The van der Waals surface area contributed by atoms with Crippen molar-refractivity contribution in [1.82, 2.24) is 14.9 Å². The van der Waals surface area contributed by atoms with Gasteiger partial charge in [0.1, 0.15) is 12.6 Å². The molecule has 0 radical (unpaired) electrons. The summed E-state index contributed by atoms with van der Waals surface area (Å²) in [6.45, 7) is 3.87. The van der Waals surface area contributed by atoms with Gasteiger partial charge in [-0.15, -0.1) is 0 Å². The Bertz CT molecular complexity index is 1990. The van der Waals surface area contributed by atoms with E-state index in [2.05, 4.69) is 15.6 Å². The van der Waals surface area contributed by atoms with Crippen molar-refractivity contribution in [3.05, 3.63) is 124 Å². The molecule has 1 atom stereocenters. The molecule has 2 amide bonds. The number of rotatable bonds is 7. The second-order valence-corrected chi connectivity index (χ2v) is 10.5. The lowest BCUT2D eigenvalue weighted by Crippen LogP contribution is -2.46. The average molecular weight is 543 g/mol. The minimum absolute atomic E-state index is 0.0530. The number of nitrogens with one attached hydrogen (secondary N) is 3. The number of amides is 2. The van der Waals surface area contributed by atoms with Gasteiger partial charge in [-0.1, -0.05) is 59.7 Å². The monoisotopic (exact) mass is 542 g/mol. The van der Waals surface area contributed by atoms with E-state index in [1.54, 1.807) is 6.07 Å². The van der Waals surface area contributed by atoms with Crippen LogP contribution in [0.4, 0.5) is 5.69 Å². The number of carbonyl (C=O) groups excluding carboxylic acids is 2. The lowest BCUT2D eigenvalue weighted by molar-refractivity contribution is -0.126. The van der Waals surface area contributed by atoms with Crippen LogP contribution in [0.25, 0.3) is 32.7 Å². The fraction of sp³-hybridized carbons (Fsp3) is 0.147. The summed E-state index contributed by atoms with van der Waals surface area (Å²) in [5.74, 6) is -0.637. The first kappa shape index (κ1) is 26.1. The van der Waals surface area contributed by atoms with Gasteiger partial charge in [0.25, 0.3) is 0 Å². The third-order valence-electron chi connectivity index (χ3n) is 7.50. The topological polar surface area (TPSA) is 96.0 Å². The van der Waals surface area contributed by atoms with Crippen LogP contribution >= 0.6 is 0 Å². The Morgan fingerprint density at radius 3 is 2.29 bits per heavy atom. The predicted octanol–water partition coefficient (Wildman–Crippen LogP) is 5.62. The molecule has 7 heteroatoms. The van der Waals surface area contributed by atoms with Crippen LogP contribution in [0.2, 0.25) is 0 Å². The van der Waals surface area contributed by atoms with E-state index >= 15 is 0 Å². The highest BCUT2D eigenvalue weighted by atomic mass is 16.2. The molecule has 0 aliphatic heterocycles. The fourth-order valence-corrected chi connectivity index (χ4v) is 5.39. The number of hydrogen-bond donors (Lipinski definition) is 3. The van der Waals surface area contributed by atoms with Gasteiger partial charge in [-0.25, -0.2) is 0 Å². The lowest BCUT2D eigenvalue weighted by Gasteiger charge is -2.20. The third kappa shape index (κ3) is 5.22. The maximum Gasteiger partial charge on any atom is 0.247 e. The summed E-state index contributed by atoms with van der Waals surface area (Å²) in [7, 11) is 0. The number of anilines is 1. The molecule has 0 aliphatic rings. The first-order valence-electron chi connectivity index (χ1n) is 13.6. The number of aromatic nitrogens is 2. The summed E-state index contributed by atoms with van der Waals surface area (Å²) in [6.07, 6.45) is 2.19. The Hall–Kier alpha value is -5.17. The summed E-state index contributed by atoms with van der Waals surface area (Å²) >= 11 is 0. The molecule has 0 saturated carbocycles. The van der Waals surface area contributed by atoms with Crippen LogP contribution in [0.5, 0.6) is 0 Å². The van der Waals surface area contributed by atoms with E-state index in [0.29, 0.717) is 33.9 Å². The Balaban J connectivity index is 1.34. The zero-order valence-corrected chi connectivity index (χ0v) is 22.9. The smallest absolute Gasteiger partial charge is 0.247 e. The number of aryl methyl sites for hydroxylation is 2. The van der Waals surface area contributed by atoms with Gasteiger partial charge in [0.15, 0.2) is 5.43 Å². The lowest BCUT2D eigenvalue weighted by atomic mass is 10.0. The van der Waals surface area contributed by atoms with Crippen LogP contribution in [0.15, 0.2) is 102 Å². The van der Waals surface area contributed by atoms with Crippen molar-refractivity contribution in [3.8, 4) is 0 Å². The fourth-order valence-electron chi connectivity index (χ4n) is 5.39. The molecule has 41 heavy (non-hydrogen) atoms. The second-order valence-electron chi connectivity index (χ2n) is 10.5. The number of para-hydroxylation sites is 2. The number of H-pyrrole nitrogens is 1. The van der Waals surface area contributed by atoms with E-state index < -0.39 is 6.04 Å². The minimum Gasteiger partial charge on any atom is -0.361 e. The van der Waals surface area contributed by atoms with Crippen LogP contribution in [0.1, 0.15) is 16.7 Å². The number of carbonyl (C=O) groups is 2. The van der Waals surface area contributed by atoms with E-state index in [-0.39, 0.29) is 23.8 Å². The van der Waals surface area contributed by atoms with Crippen molar-refractivity contribution in [2.45, 2.75) is 32.9 Å². The van der Waals surface area contributed by atoms with Gasteiger partial charge >= 0.3 is 0 Å². The quantitative estimate of drug-likeness (QED) is 0.229. The largest absolute Gasteiger partial charge is 0.361 e. The summed E-state index contributed by atoms with van der Waals surface area (Å²) < 4.78 is 1.85. The summed E-state index contributed by atoms with van der Waals surface area (Å²) in [6, 6.07) is 27.6. The van der Waals surface area contributed by atoms with Gasteiger partial charge in [-0.05, 0) is 61.9 Å². The molecule has 6 rings (SSSR count). The van der Waals surface area contributed by atoms with Crippen molar-refractivity contribution in [2.24, 2.45) is 0 Å². The van der Waals surface area contributed by atoms with Crippen LogP contribution in [-0.2, 0) is 22.6 Å². The van der Waals surface area contributed by atoms with Crippen molar-refractivity contribution in [2.75, 3.05) is 5.32 Å². The van der Waals surface area contributed by atoms with Gasteiger partial charge in [-0.3, -0.25) is 14.4 Å². The molecule has 0 spiro atoms. The van der Waals surface area contributed by atoms with Crippen LogP contribution < -0.4 is 16.1 Å². The second kappa shape index (κ2) is 10.8. The van der Waals surface area contributed by atoms with Gasteiger partial charge in [0.05, 0.1) is 11.0 Å². The zero-order chi connectivity index (χ0) is 28.5. The number of aromatic amines is 1. The highest BCUT2D eigenvalue weighted by Crippen LogP contribution is 2.22. The molecule has 7 nitrogen and oxygen atoms in total. The maximum absolute atomic E-state index is 13.7. The Morgan fingerprint density at radius 2 is 1.49 bits per heavy atom. The normalized spacial score (nSPS) is 12.0. The number of pyridine rings is 1. The van der Waals surface area contributed by atoms with E-state index in [9.17, 15) is 14.4 Å². The number of hydrogen-bond acceptors (Lipinski definition) is 3. The number of nitrogens with zero attached hydrogens (tertiary/aromatic N) is 1. The molecule has 1 unspecified atom stereocenters. The maximum atomic E-state index is 13.7. The summed E-state index contributed by atoms with van der Waals surface area (Å²) in [4.78, 5) is 43.7. The van der Waals surface area contributed by atoms with E-state index in [1.807, 2.05) is 110 Å². The van der Waals surface area contributed by atoms with Crippen LogP contribution in [0, 0.1) is 13.8 Å². The van der Waals surface area contributed by atoms with Crippen LogP contribution in [-0.4, -0.2) is 27.4 Å². The standard InChI is InChI=1S/C34H30N4O3/c1-21-11-14-24(15-12-21)36-34(41)29(18-23-19-35-28-9-5-3-7-25(23)28)37-32(39)20-38-30-10-6-4-8-26(30)33(40)27-17-22(2)13-16-31(27)38/h3-17,19,29,35H,18,20H2,1-2H3,(H,36,41)(H,37,39). The number of fused-ring (bicyclic) bond motifs is 3. The highest BCUT2D eigenvalue weighted by Gasteiger charge is 2.24. The molecule has 2 aromatic heterocycles. The van der Waals surface area contributed by atoms with Gasteiger partial charge in [0, 0.05) is 40.0 Å². The Labute approximate surface area is 236 Å². The van der Waals surface area contributed by atoms with Crippen LogP contribution in [0.3, 0.4) is 0 Å². The van der Waals surface area contributed by atoms with Gasteiger partial charge in [-0.2, -0.15) is 0 Å². The molecule has 2 heterocycles. The molecule has 3 N–H and O–H groups in total. The minimum atomic E-state index is -0.831. The predicted molar refractivity (Wildman–Crippen MR) is 164 cm³/mol. The van der Waals surface area contributed by atoms with E-state index in [0.717, 1.165) is 27.6 Å². The van der Waals surface area contributed by atoms with Crippen molar-refractivity contribution in [1.29, 1.82) is 0 Å².